The molecule has 0 radical (unpaired) electrons. The number of aromatic nitrogens is 4. The molecule has 2 aliphatic heterocycles. The maximum atomic E-state index is 12.7. The molecule has 0 spiro atoms. The van der Waals surface area contributed by atoms with Crippen LogP contribution in [0.4, 0.5) is 10.6 Å². The number of hydrogen-bond acceptors (Lipinski definition) is 11. The molecule has 0 aliphatic carbocycles. The number of ether oxygens (including phenoxy) is 5. The van der Waals surface area contributed by atoms with Crippen LogP contribution >= 0.6 is 0 Å². The Morgan fingerprint density at radius 1 is 1.02 bits per heavy atom. The van der Waals surface area contributed by atoms with Crippen LogP contribution in [0.1, 0.15) is 68.8 Å². The average molecular weight is 646 g/mol. The van der Waals surface area contributed by atoms with Crippen molar-refractivity contribution in [3.8, 4) is 5.75 Å². The highest BCUT2D eigenvalue weighted by Crippen LogP contribution is 2.44. The molecule has 2 saturated heterocycles. The second-order valence-corrected chi connectivity index (χ2v) is 13.0. The predicted molar refractivity (Wildman–Crippen MR) is 170 cm³/mol. The number of benzene rings is 2. The first-order valence-electron chi connectivity index (χ1n) is 15.5. The van der Waals surface area contributed by atoms with E-state index in [0.717, 1.165) is 5.56 Å². The van der Waals surface area contributed by atoms with Crippen molar-refractivity contribution in [3.63, 3.8) is 0 Å². The first-order chi connectivity index (χ1) is 22.4. The number of nitrogens with one attached hydrogen (secondary N) is 1. The lowest BCUT2D eigenvalue weighted by molar-refractivity contribution is -0.198. The third kappa shape index (κ3) is 7.28. The van der Waals surface area contributed by atoms with Gasteiger partial charge in [0, 0.05) is 12.0 Å². The number of carbonyl (C=O) groups excluding carboxylic acids is 2. The van der Waals surface area contributed by atoms with Crippen LogP contribution in [0.3, 0.4) is 0 Å². The molecule has 248 valence electrons. The summed E-state index contributed by atoms with van der Waals surface area (Å²) in [6.07, 6.45) is 1.13. The predicted octanol–water partition coefficient (Wildman–Crippen LogP) is 4.98. The number of aryl methyl sites for hydroxylation is 1. The van der Waals surface area contributed by atoms with Crippen LogP contribution in [0.15, 0.2) is 61.2 Å². The van der Waals surface area contributed by atoms with Gasteiger partial charge in [0.2, 0.25) is 0 Å². The molecular formula is C34H39N5O8. The highest BCUT2D eigenvalue weighted by Gasteiger charge is 2.56. The van der Waals surface area contributed by atoms with E-state index in [0.29, 0.717) is 40.9 Å². The maximum Gasteiger partial charge on any atom is 0.413 e. The first kappa shape index (κ1) is 32.5. The number of Topliss-reactive ketones (excluding diaryl/α,β-unsaturated/α-hetero) is 1. The number of carbonyl (C=O) groups is 2. The van der Waals surface area contributed by atoms with Crippen LogP contribution in [0, 0.1) is 0 Å². The molecule has 4 heterocycles. The van der Waals surface area contributed by atoms with Crippen LogP contribution in [-0.2, 0) is 32.0 Å². The Morgan fingerprint density at radius 3 is 2.51 bits per heavy atom. The van der Waals surface area contributed by atoms with Gasteiger partial charge in [0.1, 0.15) is 42.6 Å². The quantitative estimate of drug-likeness (QED) is 0.224. The summed E-state index contributed by atoms with van der Waals surface area (Å²) in [7, 11) is 0. The van der Waals surface area contributed by atoms with E-state index in [4.69, 9.17) is 23.7 Å². The lowest BCUT2D eigenvalue weighted by atomic mass is 9.99. The summed E-state index contributed by atoms with van der Waals surface area (Å²) in [4.78, 5) is 38.2. The summed E-state index contributed by atoms with van der Waals surface area (Å²) in [6.45, 7) is 9.05. The van der Waals surface area contributed by atoms with E-state index in [-0.39, 0.29) is 24.8 Å². The van der Waals surface area contributed by atoms with E-state index >= 15 is 0 Å². The van der Waals surface area contributed by atoms with Crippen LogP contribution in [-0.4, -0.2) is 72.8 Å². The van der Waals surface area contributed by atoms with Gasteiger partial charge in [0.25, 0.3) is 0 Å². The van der Waals surface area contributed by atoms with Crippen molar-refractivity contribution in [2.24, 2.45) is 0 Å². The molecule has 2 aromatic carbocycles. The standard InChI is InChI=1S/C34H39N5O8/c1-33(2,3)47-32(42)38-29-26-30(36-18-35-29)39(19-37-26)31-28-27(45-34(4,5)46-28)25(44-31)17-43-22-13-10-20(11-14-22)12-15-24(41)23-9-7-6-8-21(23)16-40/h6-11,13-14,18-19,25,27-28,31,40H,12,15-17H2,1-5H3,(H,35,36,38,42)/t25-,27-,28-,31-/m1/s1. The molecule has 0 bridgehead atoms. The molecule has 4 atom stereocenters. The van der Waals surface area contributed by atoms with Crippen molar-refractivity contribution in [3.05, 3.63) is 77.9 Å². The van der Waals surface area contributed by atoms with E-state index in [1.807, 2.05) is 44.2 Å². The fraction of sp³-hybridized carbons (Fsp3) is 0.441. The number of rotatable bonds is 10. The van der Waals surface area contributed by atoms with Gasteiger partial charge >= 0.3 is 6.09 Å². The number of anilines is 1. The van der Waals surface area contributed by atoms with E-state index in [9.17, 15) is 14.7 Å². The Kier molecular flexibility index (Phi) is 8.99. The zero-order valence-electron chi connectivity index (χ0n) is 27.0. The van der Waals surface area contributed by atoms with Gasteiger partial charge in [-0.25, -0.2) is 19.7 Å². The number of aliphatic hydroxyl groups excluding tert-OH is 1. The molecule has 2 aliphatic rings. The topological polar surface area (TPSA) is 156 Å². The summed E-state index contributed by atoms with van der Waals surface area (Å²) < 4.78 is 32.2. The molecule has 6 rings (SSSR count). The molecule has 2 fully saturated rings. The summed E-state index contributed by atoms with van der Waals surface area (Å²) >= 11 is 0. The minimum absolute atomic E-state index is 0.00756. The number of hydrogen-bond donors (Lipinski definition) is 2. The Labute approximate surface area is 272 Å². The van der Waals surface area contributed by atoms with Crippen LogP contribution < -0.4 is 10.1 Å². The Bertz CT molecular complexity index is 1750. The van der Waals surface area contributed by atoms with E-state index in [2.05, 4.69) is 20.3 Å². The lowest BCUT2D eigenvalue weighted by Crippen LogP contribution is -2.33. The molecule has 1 amide bonds. The lowest BCUT2D eigenvalue weighted by Gasteiger charge is -2.25. The smallest absolute Gasteiger partial charge is 0.413 e. The third-order valence-electron chi connectivity index (χ3n) is 7.84. The van der Waals surface area contributed by atoms with Gasteiger partial charge in [0.05, 0.1) is 12.9 Å². The second-order valence-electron chi connectivity index (χ2n) is 13.0. The molecule has 0 saturated carbocycles. The molecule has 13 heteroatoms. The van der Waals surface area contributed by atoms with Gasteiger partial charge in [-0.2, -0.15) is 0 Å². The number of imidazole rings is 1. The zero-order chi connectivity index (χ0) is 33.3. The summed E-state index contributed by atoms with van der Waals surface area (Å²) in [5.41, 5.74) is 2.32. The van der Waals surface area contributed by atoms with Crippen molar-refractivity contribution >= 4 is 28.9 Å². The minimum Gasteiger partial charge on any atom is -0.491 e. The van der Waals surface area contributed by atoms with E-state index < -0.39 is 42.0 Å². The maximum absolute atomic E-state index is 12.7. The highest BCUT2D eigenvalue weighted by atomic mass is 16.8. The largest absolute Gasteiger partial charge is 0.491 e. The number of amides is 1. The summed E-state index contributed by atoms with van der Waals surface area (Å²) in [5, 5.41) is 12.2. The van der Waals surface area contributed by atoms with Crippen molar-refractivity contribution in [1.29, 1.82) is 0 Å². The molecule has 2 aromatic heterocycles. The van der Waals surface area contributed by atoms with Gasteiger partial charge in [-0.3, -0.25) is 14.7 Å². The first-order valence-corrected chi connectivity index (χ1v) is 15.5. The Morgan fingerprint density at radius 2 is 1.77 bits per heavy atom. The molecular weight excluding hydrogens is 606 g/mol. The van der Waals surface area contributed by atoms with Crippen LogP contribution in [0.5, 0.6) is 5.75 Å². The normalized spacial score (nSPS) is 21.8. The van der Waals surface area contributed by atoms with Gasteiger partial charge in [-0.15, -0.1) is 0 Å². The van der Waals surface area contributed by atoms with Crippen molar-refractivity contribution in [1.82, 2.24) is 19.5 Å². The van der Waals surface area contributed by atoms with Crippen molar-refractivity contribution < 1.29 is 38.4 Å². The monoisotopic (exact) mass is 645 g/mol. The molecule has 13 nitrogen and oxygen atoms in total. The minimum atomic E-state index is -0.846. The fourth-order valence-corrected chi connectivity index (χ4v) is 5.80. The van der Waals surface area contributed by atoms with Crippen molar-refractivity contribution in [2.75, 3.05) is 11.9 Å². The van der Waals surface area contributed by atoms with Gasteiger partial charge in [-0.1, -0.05) is 36.4 Å². The second kappa shape index (κ2) is 13.0. The number of ketones is 1. The number of fused-ring (bicyclic) bond motifs is 2. The summed E-state index contributed by atoms with van der Waals surface area (Å²) in [5.74, 6) is 0.00315. The van der Waals surface area contributed by atoms with E-state index in [1.165, 1.54) is 6.33 Å². The Hall–Kier alpha value is -4.43. The SMILES string of the molecule is CC(C)(C)OC(=O)Nc1ncnc2c1ncn2[C@@H]1O[C@H](COc2ccc(CCC(=O)c3ccccc3CO)cc2)[C@H]2OC(C)(C)O[C@H]21. The van der Waals surface area contributed by atoms with Gasteiger partial charge < -0.3 is 28.8 Å². The highest BCUT2D eigenvalue weighted by molar-refractivity contribution is 5.97. The Balaban J connectivity index is 1.11. The summed E-state index contributed by atoms with van der Waals surface area (Å²) in [6, 6.07) is 14.7. The zero-order valence-corrected chi connectivity index (χ0v) is 27.0. The van der Waals surface area contributed by atoms with Gasteiger partial charge in [-0.05, 0) is 64.3 Å². The molecule has 2 N–H and O–H groups in total. The average Bonchev–Trinajstić information content (AvgIpc) is 3.69. The van der Waals surface area contributed by atoms with Crippen LogP contribution in [0.2, 0.25) is 0 Å². The number of aliphatic hydroxyl groups is 1. The van der Waals surface area contributed by atoms with Crippen LogP contribution in [0.25, 0.3) is 11.2 Å². The van der Waals surface area contributed by atoms with Crippen molar-refractivity contribution in [2.45, 2.75) is 90.0 Å². The fourth-order valence-electron chi connectivity index (χ4n) is 5.80. The molecule has 4 aromatic rings. The molecule has 47 heavy (non-hydrogen) atoms. The van der Waals surface area contributed by atoms with E-state index in [1.54, 1.807) is 49.9 Å². The third-order valence-corrected chi connectivity index (χ3v) is 7.84. The molecule has 0 unspecified atom stereocenters. The van der Waals surface area contributed by atoms with Gasteiger partial charge in [0.15, 0.2) is 34.8 Å². The number of nitrogens with zero attached hydrogens (tertiary/aromatic N) is 4.